The van der Waals surface area contributed by atoms with Gasteiger partial charge in [0.15, 0.2) is 0 Å². The zero-order chi connectivity index (χ0) is 11.7. The van der Waals surface area contributed by atoms with Crippen LogP contribution in [0, 0.1) is 5.41 Å². The number of aliphatic hydroxyl groups is 1. The molecule has 0 saturated heterocycles. The van der Waals surface area contributed by atoms with Gasteiger partial charge >= 0.3 is 0 Å². The van der Waals surface area contributed by atoms with Crippen molar-refractivity contribution in [2.75, 3.05) is 0 Å². The largest absolute Gasteiger partial charge is 0.381 e. The second-order valence-corrected chi connectivity index (χ2v) is 5.82. The fourth-order valence-electron chi connectivity index (χ4n) is 2.10. The fraction of sp³-hybridized carbons (Fsp3) is 0.917. The molecule has 1 amide bonds. The lowest BCUT2D eigenvalue weighted by molar-refractivity contribution is -0.138. The van der Waals surface area contributed by atoms with Crippen LogP contribution in [0.3, 0.4) is 0 Å². The lowest BCUT2D eigenvalue weighted by atomic mass is 9.73. The molecular formula is C12H23NO2. The molecule has 0 aromatic heterocycles. The van der Waals surface area contributed by atoms with Crippen LogP contribution in [0.25, 0.3) is 0 Å². The van der Waals surface area contributed by atoms with Crippen molar-refractivity contribution < 1.29 is 9.90 Å². The van der Waals surface area contributed by atoms with Gasteiger partial charge in [-0.05, 0) is 32.1 Å². The third-order valence-electron chi connectivity index (χ3n) is 3.37. The molecule has 0 bridgehead atoms. The number of carbonyl (C=O) groups is 1. The maximum Gasteiger partial charge on any atom is 0.251 e. The first-order chi connectivity index (χ1) is 6.73. The van der Waals surface area contributed by atoms with E-state index in [2.05, 4.69) is 19.2 Å². The fourth-order valence-corrected chi connectivity index (χ4v) is 2.10. The highest BCUT2D eigenvalue weighted by Gasteiger charge is 2.35. The van der Waals surface area contributed by atoms with Crippen molar-refractivity contribution in [2.45, 2.75) is 65.0 Å². The molecule has 2 N–H and O–H groups in total. The molecule has 1 saturated carbocycles. The van der Waals surface area contributed by atoms with Crippen LogP contribution in [0.2, 0.25) is 0 Å². The predicted molar refractivity (Wildman–Crippen MR) is 60.5 cm³/mol. The van der Waals surface area contributed by atoms with Gasteiger partial charge in [0.25, 0.3) is 5.91 Å². The van der Waals surface area contributed by atoms with E-state index in [0.29, 0.717) is 0 Å². The molecule has 0 aromatic rings. The van der Waals surface area contributed by atoms with Crippen molar-refractivity contribution in [3.8, 4) is 0 Å². The van der Waals surface area contributed by atoms with E-state index in [1.807, 2.05) is 0 Å². The Kier molecular flexibility index (Phi) is 3.44. The summed E-state index contributed by atoms with van der Waals surface area (Å²) in [6, 6.07) is 0.199. The van der Waals surface area contributed by atoms with Gasteiger partial charge in [-0.15, -0.1) is 0 Å². The molecular weight excluding hydrogens is 190 g/mol. The Labute approximate surface area is 92.3 Å². The van der Waals surface area contributed by atoms with E-state index < -0.39 is 5.60 Å². The summed E-state index contributed by atoms with van der Waals surface area (Å²) in [5.41, 5.74) is -1.12. The van der Waals surface area contributed by atoms with Crippen molar-refractivity contribution in [1.82, 2.24) is 5.32 Å². The molecule has 1 atom stereocenters. The zero-order valence-electron chi connectivity index (χ0n) is 10.3. The second-order valence-electron chi connectivity index (χ2n) is 5.82. The van der Waals surface area contributed by atoms with Gasteiger partial charge in [-0.3, -0.25) is 4.79 Å². The molecule has 3 heteroatoms. The third-order valence-corrected chi connectivity index (χ3v) is 3.37. The quantitative estimate of drug-likeness (QED) is 0.735. The average molecular weight is 213 g/mol. The van der Waals surface area contributed by atoms with Crippen molar-refractivity contribution in [3.63, 3.8) is 0 Å². The first kappa shape index (κ1) is 12.5. The number of nitrogens with one attached hydrogen (secondary N) is 1. The molecule has 1 rings (SSSR count). The molecule has 1 aliphatic carbocycles. The normalized spacial score (nSPS) is 26.1. The first-order valence-electron chi connectivity index (χ1n) is 5.77. The van der Waals surface area contributed by atoms with E-state index >= 15 is 0 Å². The smallest absolute Gasteiger partial charge is 0.251 e. The van der Waals surface area contributed by atoms with E-state index in [1.54, 1.807) is 0 Å². The lowest BCUT2D eigenvalue weighted by Gasteiger charge is -2.40. The minimum absolute atomic E-state index is 0.152. The number of carbonyl (C=O) groups excluding carboxylic acids is 1. The van der Waals surface area contributed by atoms with Crippen LogP contribution in [-0.4, -0.2) is 22.7 Å². The summed E-state index contributed by atoms with van der Waals surface area (Å²) in [5, 5.41) is 12.5. The summed E-state index contributed by atoms with van der Waals surface area (Å²) in [4.78, 5) is 11.7. The molecule has 0 spiro atoms. The van der Waals surface area contributed by atoms with Gasteiger partial charge in [0.05, 0.1) is 0 Å². The van der Waals surface area contributed by atoms with E-state index in [1.165, 1.54) is 26.7 Å². The van der Waals surface area contributed by atoms with Crippen molar-refractivity contribution >= 4 is 5.91 Å². The van der Waals surface area contributed by atoms with E-state index in [4.69, 9.17) is 0 Å². The summed E-state index contributed by atoms with van der Waals surface area (Å²) in [5.74, 6) is -0.262. The Morgan fingerprint density at radius 2 is 2.00 bits per heavy atom. The van der Waals surface area contributed by atoms with Gasteiger partial charge < -0.3 is 10.4 Å². The standard InChI is InChI=1S/C12H23NO2/c1-11(2)8-6-5-7-9(11)13-10(14)12(3,4)15/h9,15H,5-8H2,1-4H3,(H,13,14). The average Bonchev–Trinajstić information content (AvgIpc) is 2.06. The van der Waals surface area contributed by atoms with Gasteiger partial charge in [0.1, 0.15) is 5.60 Å². The molecule has 3 nitrogen and oxygen atoms in total. The van der Waals surface area contributed by atoms with Gasteiger partial charge in [0.2, 0.25) is 0 Å². The Bertz CT molecular complexity index is 240. The highest BCUT2D eigenvalue weighted by molar-refractivity contribution is 5.84. The van der Waals surface area contributed by atoms with Crippen LogP contribution < -0.4 is 5.32 Å². The highest BCUT2D eigenvalue weighted by Crippen LogP contribution is 2.35. The molecule has 88 valence electrons. The lowest BCUT2D eigenvalue weighted by Crippen LogP contribution is -2.52. The monoisotopic (exact) mass is 213 g/mol. The van der Waals surface area contributed by atoms with Crippen LogP contribution in [-0.2, 0) is 4.79 Å². The number of amides is 1. The summed E-state index contributed by atoms with van der Waals surface area (Å²) in [6.07, 6.45) is 4.57. The summed E-state index contributed by atoms with van der Waals surface area (Å²) >= 11 is 0. The Morgan fingerprint density at radius 3 is 2.47 bits per heavy atom. The Hall–Kier alpha value is -0.570. The molecule has 0 heterocycles. The Morgan fingerprint density at radius 1 is 1.40 bits per heavy atom. The zero-order valence-corrected chi connectivity index (χ0v) is 10.3. The van der Waals surface area contributed by atoms with E-state index in [-0.39, 0.29) is 17.4 Å². The van der Waals surface area contributed by atoms with Gasteiger partial charge in [-0.25, -0.2) is 0 Å². The van der Waals surface area contributed by atoms with Crippen LogP contribution in [0.4, 0.5) is 0 Å². The first-order valence-corrected chi connectivity index (χ1v) is 5.77. The number of hydrogen-bond acceptors (Lipinski definition) is 2. The molecule has 0 aromatic carbocycles. The van der Waals surface area contributed by atoms with Gasteiger partial charge in [-0.1, -0.05) is 26.7 Å². The SMILES string of the molecule is CC(C)(O)C(=O)NC1CCCCC1(C)C. The molecule has 15 heavy (non-hydrogen) atoms. The van der Waals surface area contributed by atoms with Crippen LogP contribution in [0.15, 0.2) is 0 Å². The predicted octanol–water partition coefficient (Wildman–Crippen LogP) is 1.84. The third kappa shape index (κ3) is 3.20. The van der Waals surface area contributed by atoms with Crippen molar-refractivity contribution in [2.24, 2.45) is 5.41 Å². The summed E-state index contributed by atoms with van der Waals surface area (Å²) < 4.78 is 0. The van der Waals surface area contributed by atoms with E-state index in [0.717, 1.165) is 12.8 Å². The van der Waals surface area contributed by atoms with Crippen LogP contribution in [0.1, 0.15) is 53.4 Å². The summed E-state index contributed by atoms with van der Waals surface area (Å²) in [6.45, 7) is 7.42. The number of hydrogen-bond donors (Lipinski definition) is 2. The minimum Gasteiger partial charge on any atom is -0.381 e. The maximum absolute atomic E-state index is 11.7. The molecule has 1 aliphatic rings. The van der Waals surface area contributed by atoms with Crippen LogP contribution in [0.5, 0.6) is 0 Å². The van der Waals surface area contributed by atoms with Crippen molar-refractivity contribution in [3.05, 3.63) is 0 Å². The van der Waals surface area contributed by atoms with Gasteiger partial charge in [0, 0.05) is 6.04 Å². The van der Waals surface area contributed by atoms with E-state index in [9.17, 15) is 9.90 Å². The highest BCUT2D eigenvalue weighted by atomic mass is 16.3. The molecule has 0 aliphatic heterocycles. The number of rotatable bonds is 2. The topological polar surface area (TPSA) is 49.3 Å². The minimum atomic E-state index is -1.27. The molecule has 0 radical (unpaired) electrons. The summed E-state index contributed by atoms with van der Waals surface area (Å²) in [7, 11) is 0. The maximum atomic E-state index is 11.7. The molecule has 1 unspecified atom stereocenters. The molecule has 1 fully saturated rings. The van der Waals surface area contributed by atoms with Gasteiger partial charge in [-0.2, -0.15) is 0 Å². The second kappa shape index (κ2) is 4.12. The van der Waals surface area contributed by atoms with Crippen LogP contribution >= 0.6 is 0 Å². The van der Waals surface area contributed by atoms with Crippen molar-refractivity contribution in [1.29, 1.82) is 0 Å². The Balaban J connectivity index is 2.61.